The first kappa shape index (κ1) is 16.9. The van der Waals surface area contributed by atoms with Gasteiger partial charge in [-0.25, -0.2) is 4.98 Å². The molecular weight excluding hydrogens is 329 g/mol. The van der Waals surface area contributed by atoms with E-state index in [0.29, 0.717) is 11.7 Å². The molecule has 26 heavy (non-hydrogen) atoms. The summed E-state index contributed by atoms with van der Waals surface area (Å²) < 4.78 is 5.56. The Morgan fingerprint density at radius 1 is 1.54 bits per heavy atom. The van der Waals surface area contributed by atoms with Crippen molar-refractivity contribution in [3.05, 3.63) is 30.0 Å². The van der Waals surface area contributed by atoms with Gasteiger partial charge >= 0.3 is 7.12 Å². The fraction of sp³-hybridized carbons (Fsp3) is 0.368. The van der Waals surface area contributed by atoms with Gasteiger partial charge < -0.3 is 20.0 Å². The molecule has 2 unspecified atom stereocenters. The van der Waals surface area contributed by atoms with Gasteiger partial charge in [-0.15, -0.1) is 6.42 Å². The number of hydrogen-bond donors (Lipinski definition) is 3. The number of terminal acetylenes is 1. The van der Waals surface area contributed by atoms with Crippen LogP contribution in [0.15, 0.2) is 24.4 Å². The Balaban J connectivity index is 1.75. The Labute approximate surface area is 152 Å². The normalized spacial score (nSPS) is 25.2. The molecule has 2 aromatic rings. The molecule has 4 heterocycles. The SMILES string of the molecule is C#CCC(=O)C1CC[C@@H](C)C(C2=CB(O)Oc3cnc4[nH]ccc4c32)N1. The number of Topliss-reactive ketones (excluding diaryl/α,β-unsaturated/α-hetero) is 1. The topological polar surface area (TPSA) is 87.2 Å². The minimum Gasteiger partial charge on any atom is -0.531 e. The van der Waals surface area contributed by atoms with Gasteiger partial charge in [0.25, 0.3) is 0 Å². The predicted molar refractivity (Wildman–Crippen MR) is 100 cm³/mol. The molecule has 1 fully saturated rings. The molecule has 0 aromatic carbocycles. The molecule has 4 rings (SSSR count). The summed E-state index contributed by atoms with van der Waals surface area (Å²) in [4.78, 5) is 19.7. The maximum atomic E-state index is 12.3. The van der Waals surface area contributed by atoms with Gasteiger partial charge in [0.1, 0.15) is 11.4 Å². The highest BCUT2D eigenvalue weighted by Gasteiger charge is 2.37. The summed E-state index contributed by atoms with van der Waals surface area (Å²) in [6.45, 7) is 2.15. The second-order valence-electron chi connectivity index (χ2n) is 6.97. The predicted octanol–water partition coefficient (Wildman–Crippen LogP) is 1.71. The molecule has 0 bridgehead atoms. The van der Waals surface area contributed by atoms with E-state index in [1.54, 1.807) is 12.2 Å². The van der Waals surface area contributed by atoms with Crippen LogP contribution < -0.4 is 9.97 Å². The lowest BCUT2D eigenvalue weighted by molar-refractivity contribution is -0.121. The number of carbonyl (C=O) groups excluding carboxylic acids is 1. The summed E-state index contributed by atoms with van der Waals surface area (Å²) in [5, 5.41) is 14.6. The quantitative estimate of drug-likeness (QED) is 0.580. The zero-order chi connectivity index (χ0) is 18.3. The highest BCUT2D eigenvalue weighted by atomic mass is 16.5. The molecule has 0 spiro atoms. The smallest absolute Gasteiger partial charge is 0.531 e. The Bertz CT molecular complexity index is 930. The molecule has 2 aliphatic rings. The Hall–Kier alpha value is -2.56. The average molecular weight is 349 g/mol. The van der Waals surface area contributed by atoms with Crippen LogP contribution in [0.3, 0.4) is 0 Å². The lowest BCUT2D eigenvalue weighted by atomic mass is 9.74. The first-order chi connectivity index (χ1) is 12.6. The molecule has 0 aliphatic carbocycles. The maximum absolute atomic E-state index is 12.3. The molecule has 6 nitrogen and oxygen atoms in total. The number of nitrogens with zero attached hydrogens (tertiary/aromatic N) is 1. The third-order valence-corrected chi connectivity index (χ3v) is 5.27. The zero-order valence-electron chi connectivity index (χ0n) is 14.5. The van der Waals surface area contributed by atoms with Crippen LogP contribution in [0.25, 0.3) is 16.6 Å². The van der Waals surface area contributed by atoms with Crippen molar-refractivity contribution in [3.8, 4) is 18.1 Å². The van der Waals surface area contributed by atoms with Gasteiger partial charge in [-0.2, -0.15) is 0 Å². The van der Waals surface area contributed by atoms with E-state index in [2.05, 4.69) is 28.1 Å². The third kappa shape index (κ3) is 2.81. The van der Waals surface area contributed by atoms with Crippen LogP contribution in [0, 0.1) is 18.3 Å². The summed E-state index contributed by atoms with van der Waals surface area (Å²) in [5.74, 6) is 5.05. The lowest BCUT2D eigenvalue weighted by Crippen LogP contribution is -2.51. The van der Waals surface area contributed by atoms with Gasteiger partial charge in [-0.3, -0.25) is 4.79 Å². The number of ketones is 1. The van der Waals surface area contributed by atoms with E-state index in [1.165, 1.54) is 0 Å². The molecule has 0 amide bonds. The third-order valence-electron chi connectivity index (χ3n) is 5.27. The maximum Gasteiger partial charge on any atom is 0.552 e. The molecule has 0 saturated carbocycles. The molecular formula is C19H20BN3O3. The highest BCUT2D eigenvalue weighted by Crippen LogP contribution is 2.40. The first-order valence-corrected chi connectivity index (χ1v) is 8.83. The van der Waals surface area contributed by atoms with E-state index in [4.69, 9.17) is 11.1 Å². The van der Waals surface area contributed by atoms with Crippen LogP contribution in [-0.2, 0) is 4.79 Å². The first-order valence-electron chi connectivity index (χ1n) is 8.83. The average Bonchev–Trinajstić information content (AvgIpc) is 3.10. The standard InChI is InChI=1S/C19H20BN3O3/c1-3-4-15(24)14-6-5-11(2)18(23-14)13-9-20(25)26-16-10-22-19-12(17(13)16)7-8-21-19/h1,7-11,14,18,23,25H,4-6H2,2H3,(H,21,22)/t11-,14?,18?/m1/s1. The summed E-state index contributed by atoms with van der Waals surface area (Å²) in [7, 11) is -1.04. The molecule has 3 N–H and O–H groups in total. The van der Waals surface area contributed by atoms with Gasteiger partial charge in [0.15, 0.2) is 5.78 Å². The van der Waals surface area contributed by atoms with Crippen molar-refractivity contribution in [1.29, 1.82) is 0 Å². The van der Waals surface area contributed by atoms with Crippen LogP contribution in [0.1, 0.15) is 31.7 Å². The molecule has 0 radical (unpaired) electrons. The molecule has 3 atom stereocenters. The monoisotopic (exact) mass is 349 g/mol. The van der Waals surface area contributed by atoms with Crippen LogP contribution in [0.4, 0.5) is 0 Å². The van der Waals surface area contributed by atoms with E-state index in [9.17, 15) is 9.82 Å². The number of carbonyl (C=O) groups is 1. The van der Waals surface area contributed by atoms with E-state index in [0.717, 1.165) is 35.0 Å². The summed E-state index contributed by atoms with van der Waals surface area (Å²) >= 11 is 0. The van der Waals surface area contributed by atoms with Crippen molar-refractivity contribution >= 4 is 29.5 Å². The number of pyridine rings is 1. The number of fused-ring (bicyclic) bond motifs is 3. The summed E-state index contributed by atoms with van der Waals surface area (Å²) in [5.41, 5.74) is 2.62. The molecule has 2 aliphatic heterocycles. The van der Waals surface area contributed by atoms with Crippen molar-refractivity contribution in [2.45, 2.75) is 38.3 Å². The lowest BCUT2D eigenvalue weighted by Gasteiger charge is -2.38. The summed E-state index contributed by atoms with van der Waals surface area (Å²) in [6, 6.07) is 1.61. The van der Waals surface area contributed by atoms with Gasteiger partial charge in [0.05, 0.1) is 18.7 Å². The van der Waals surface area contributed by atoms with Gasteiger partial charge in [0.2, 0.25) is 0 Å². The molecule has 1 saturated heterocycles. The minimum absolute atomic E-state index is 0.0411. The minimum atomic E-state index is -1.04. The van der Waals surface area contributed by atoms with Crippen molar-refractivity contribution in [3.63, 3.8) is 0 Å². The Kier molecular flexibility index (Phi) is 4.31. The number of nitrogens with one attached hydrogen (secondary N) is 2. The Morgan fingerprint density at radius 2 is 2.38 bits per heavy atom. The van der Waals surface area contributed by atoms with E-state index in [1.807, 2.05) is 12.3 Å². The molecule has 2 aromatic heterocycles. The molecule has 7 heteroatoms. The Morgan fingerprint density at radius 3 is 3.19 bits per heavy atom. The van der Waals surface area contributed by atoms with Gasteiger partial charge in [-0.1, -0.05) is 12.8 Å². The van der Waals surface area contributed by atoms with Gasteiger partial charge in [-0.05, 0) is 36.4 Å². The van der Waals surface area contributed by atoms with E-state index < -0.39 is 7.12 Å². The summed E-state index contributed by atoms with van der Waals surface area (Å²) in [6.07, 6.45) is 10.6. The molecule has 132 valence electrons. The second-order valence-corrected chi connectivity index (χ2v) is 6.97. The zero-order valence-corrected chi connectivity index (χ0v) is 14.5. The van der Waals surface area contributed by atoms with Crippen LogP contribution >= 0.6 is 0 Å². The number of rotatable bonds is 3. The number of hydrogen-bond acceptors (Lipinski definition) is 5. The largest absolute Gasteiger partial charge is 0.552 e. The number of aromatic nitrogens is 2. The van der Waals surface area contributed by atoms with Crippen molar-refractivity contribution < 1.29 is 14.5 Å². The fourth-order valence-corrected chi connectivity index (χ4v) is 3.97. The van der Waals surface area contributed by atoms with Crippen molar-refractivity contribution in [2.24, 2.45) is 5.92 Å². The van der Waals surface area contributed by atoms with E-state index >= 15 is 0 Å². The van der Waals surface area contributed by atoms with Crippen molar-refractivity contribution in [2.75, 3.05) is 0 Å². The van der Waals surface area contributed by atoms with Crippen molar-refractivity contribution in [1.82, 2.24) is 15.3 Å². The second kappa shape index (κ2) is 6.63. The highest BCUT2D eigenvalue weighted by molar-refractivity contribution is 6.52. The van der Waals surface area contributed by atoms with Crippen LogP contribution in [-0.4, -0.2) is 40.0 Å². The fourth-order valence-electron chi connectivity index (χ4n) is 3.97. The van der Waals surface area contributed by atoms with Crippen LogP contribution in [0.5, 0.6) is 5.75 Å². The number of aromatic amines is 1. The number of H-pyrrole nitrogens is 1. The van der Waals surface area contributed by atoms with E-state index in [-0.39, 0.29) is 24.3 Å². The number of piperidine rings is 1. The van der Waals surface area contributed by atoms with Crippen LogP contribution in [0.2, 0.25) is 0 Å². The van der Waals surface area contributed by atoms with Gasteiger partial charge in [0, 0.05) is 23.2 Å².